The molecule has 0 aromatic carbocycles. The Labute approximate surface area is 122 Å². The molecule has 3 N–H and O–H groups in total. The summed E-state index contributed by atoms with van der Waals surface area (Å²) < 4.78 is 50.1. The summed E-state index contributed by atoms with van der Waals surface area (Å²) in [5.74, 6) is 0.0619. The molecule has 9 heteroatoms. The predicted molar refractivity (Wildman–Crippen MR) is 78.6 cm³/mol. The summed E-state index contributed by atoms with van der Waals surface area (Å²) in [5.41, 5.74) is -0.301. The maximum Gasteiger partial charge on any atom is 0.274 e. The molecule has 0 radical (unpaired) electrons. The van der Waals surface area contributed by atoms with Crippen LogP contribution >= 0.6 is 0 Å². The highest BCUT2D eigenvalue weighted by atomic mass is 32.2. The predicted octanol–water partition coefficient (Wildman–Crippen LogP) is -0.133. The van der Waals surface area contributed by atoms with E-state index in [1.54, 1.807) is 0 Å². The van der Waals surface area contributed by atoms with Gasteiger partial charge in [-0.2, -0.15) is 8.42 Å². The van der Waals surface area contributed by atoms with Crippen LogP contribution in [0.1, 0.15) is 33.6 Å². The first-order chi connectivity index (χ1) is 8.89. The van der Waals surface area contributed by atoms with Crippen LogP contribution in [-0.4, -0.2) is 46.5 Å². The molecule has 0 spiro atoms. The number of sulfonamides is 1. The fourth-order valence-electron chi connectivity index (χ4n) is 2.32. The second kappa shape index (κ2) is 6.27. The van der Waals surface area contributed by atoms with Gasteiger partial charge in [-0.25, -0.2) is 22.6 Å². The van der Waals surface area contributed by atoms with Crippen molar-refractivity contribution >= 4 is 20.2 Å². The zero-order valence-corrected chi connectivity index (χ0v) is 13.9. The van der Waals surface area contributed by atoms with E-state index in [4.69, 9.17) is 5.14 Å². The summed E-state index contributed by atoms with van der Waals surface area (Å²) in [6.45, 7) is 6.68. The van der Waals surface area contributed by atoms with Gasteiger partial charge in [-0.3, -0.25) is 0 Å². The molecule has 1 fully saturated rings. The molecule has 20 heavy (non-hydrogen) atoms. The molecule has 7 nitrogen and oxygen atoms in total. The first kappa shape index (κ1) is 17.8. The highest BCUT2D eigenvalue weighted by Crippen LogP contribution is 2.23. The molecule has 1 rings (SSSR count). The standard InChI is InChI=1S/C11H25N3O4S2/c1-11(2,3)9-19(15,16)14-6-4-5-10(8-14)7-13-20(12,17)18/h10,13H,4-9H2,1-3H3,(H2,12,17,18). The molecule has 1 aliphatic heterocycles. The smallest absolute Gasteiger partial charge is 0.216 e. The Bertz CT molecular complexity index is 522. The van der Waals surface area contributed by atoms with Crippen LogP contribution in [-0.2, 0) is 20.2 Å². The van der Waals surface area contributed by atoms with E-state index in [1.165, 1.54) is 4.31 Å². The first-order valence-electron chi connectivity index (χ1n) is 6.64. The number of nitrogens with one attached hydrogen (secondary N) is 1. The van der Waals surface area contributed by atoms with Gasteiger partial charge < -0.3 is 0 Å². The van der Waals surface area contributed by atoms with Crippen molar-refractivity contribution in [2.75, 3.05) is 25.4 Å². The van der Waals surface area contributed by atoms with E-state index in [0.29, 0.717) is 13.1 Å². The zero-order chi connectivity index (χ0) is 15.6. The van der Waals surface area contributed by atoms with Crippen molar-refractivity contribution in [2.24, 2.45) is 16.5 Å². The van der Waals surface area contributed by atoms with E-state index in [2.05, 4.69) is 4.72 Å². The van der Waals surface area contributed by atoms with Crippen LogP contribution < -0.4 is 9.86 Å². The van der Waals surface area contributed by atoms with Gasteiger partial charge in [0.05, 0.1) is 5.75 Å². The van der Waals surface area contributed by atoms with Crippen molar-refractivity contribution < 1.29 is 16.8 Å². The van der Waals surface area contributed by atoms with Gasteiger partial charge in [-0.15, -0.1) is 0 Å². The molecule has 0 bridgehead atoms. The van der Waals surface area contributed by atoms with Crippen molar-refractivity contribution in [3.8, 4) is 0 Å². The van der Waals surface area contributed by atoms with Crippen LogP contribution in [0.5, 0.6) is 0 Å². The minimum Gasteiger partial charge on any atom is -0.216 e. The van der Waals surface area contributed by atoms with E-state index < -0.39 is 20.2 Å². The lowest BCUT2D eigenvalue weighted by Crippen LogP contribution is -2.46. The lowest BCUT2D eigenvalue weighted by atomic mass is 10.0. The molecule has 1 aliphatic rings. The van der Waals surface area contributed by atoms with E-state index >= 15 is 0 Å². The highest BCUT2D eigenvalue weighted by Gasteiger charge is 2.32. The summed E-state index contributed by atoms with van der Waals surface area (Å²) in [6.07, 6.45) is 1.53. The number of hydrogen-bond donors (Lipinski definition) is 2. The third kappa shape index (κ3) is 6.49. The Morgan fingerprint density at radius 3 is 2.35 bits per heavy atom. The van der Waals surface area contributed by atoms with Gasteiger partial charge in [-0.05, 0) is 24.2 Å². The Kier molecular flexibility index (Phi) is 5.59. The molecule has 1 atom stereocenters. The second-order valence-electron chi connectivity index (χ2n) is 6.58. The fraction of sp³-hybridized carbons (Fsp3) is 1.00. The minimum absolute atomic E-state index is 0.0307. The van der Waals surface area contributed by atoms with Crippen LogP contribution in [0.25, 0.3) is 0 Å². The molecule has 0 amide bonds. The molecular formula is C11H25N3O4S2. The molecule has 0 saturated carbocycles. The van der Waals surface area contributed by atoms with E-state index in [9.17, 15) is 16.8 Å². The van der Waals surface area contributed by atoms with Crippen molar-refractivity contribution in [3.05, 3.63) is 0 Å². The summed E-state index contributed by atoms with van der Waals surface area (Å²) >= 11 is 0. The summed E-state index contributed by atoms with van der Waals surface area (Å²) in [5, 5.41) is 4.89. The molecule has 120 valence electrons. The van der Waals surface area contributed by atoms with Crippen LogP contribution in [0.2, 0.25) is 0 Å². The third-order valence-electron chi connectivity index (χ3n) is 3.06. The molecule has 0 aromatic heterocycles. The molecule has 1 unspecified atom stereocenters. The molecular weight excluding hydrogens is 302 g/mol. The first-order valence-corrected chi connectivity index (χ1v) is 9.80. The lowest BCUT2D eigenvalue weighted by molar-refractivity contribution is 0.264. The van der Waals surface area contributed by atoms with Crippen LogP contribution in [0.4, 0.5) is 0 Å². The quantitative estimate of drug-likeness (QED) is 0.732. The topological polar surface area (TPSA) is 110 Å². The molecule has 1 heterocycles. The van der Waals surface area contributed by atoms with Crippen molar-refractivity contribution in [3.63, 3.8) is 0 Å². The van der Waals surface area contributed by atoms with Crippen LogP contribution in [0.3, 0.4) is 0 Å². The number of nitrogens with two attached hydrogens (primary N) is 1. The summed E-state index contributed by atoms with van der Waals surface area (Å²) in [7, 11) is -7.03. The van der Waals surface area contributed by atoms with Crippen molar-refractivity contribution in [1.29, 1.82) is 0 Å². The largest absolute Gasteiger partial charge is 0.274 e. The zero-order valence-electron chi connectivity index (χ0n) is 12.3. The van der Waals surface area contributed by atoms with Gasteiger partial charge in [0, 0.05) is 19.6 Å². The van der Waals surface area contributed by atoms with Crippen LogP contribution in [0, 0.1) is 11.3 Å². The average Bonchev–Trinajstić information content (AvgIpc) is 2.22. The Morgan fingerprint density at radius 1 is 1.25 bits per heavy atom. The van der Waals surface area contributed by atoms with Gasteiger partial charge in [0.1, 0.15) is 0 Å². The maximum atomic E-state index is 12.3. The van der Waals surface area contributed by atoms with Gasteiger partial charge in [0.2, 0.25) is 10.0 Å². The van der Waals surface area contributed by atoms with Gasteiger partial charge in [0.15, 0.2) is 0 Å². The van der Waals surface area contributed by atoms with Crippen LogP contribution in [0.15, 0.2) is 0 Å². The van der Waals surface area contributed by atoms with E-state index in [-0.39, 0.29) is 23.6 Å². The Morgan fingerprint density at radius 2 is 1.85 bits per heavy atom. The van der Waals surface area contributed by atoms with Crippen molar-refractivity contribution in [2.45, 2.75) is 33.6 Å². The fourth-order valence-corrected chi connectivity index (χ4v) is 4.91. The second-order valence-corrected chi connectivity index (χ2v) is 9.92. The minimum atomic E-state index is -3.72. The van der Waals surface area contributed by atoms with Gasteiger partial charge in [0.25, 0.3) is 10.2 Å². The number of hydrogen-bond acceptors (Lipinski definition) is 4. The lowest BCUT2D eigenvalue weighted by Gasteiger charge is -2.33. The Hall–Kier alpha value is -0.220. The number of nitrogens with zero attached hydrogens (tertiary/aromatic N) is 1. The summed E-state index contributed by atoms with van der Waals surface area (Å²) in [6, 6.07) is 0. The molecule has 0 aromatic rings. The molecule has 1 saturated heterocycles. The van der Waals surface area contributed by atoms with E-state index in [1.807, 2.05) is 20.8 Å². The molecule has 0 aliphatic carbocycles. The van der Waals surface area contributed by atoms with Gasteiger partial charge in [-0.1, -0.05) is 20.8 Å². The maximum absolute atomic E-state index is 12.3. The number of rotatable bonds is 5. The summed E-state index contributed by atoms with van der Waals surface area (Å²) in [4.78, 5) is 0. The third-order valence-corrected chi connectivity index (χ3v) is 5.98. The highest BCUT2D eigenvalue weighted by molar-refractivity contribution is 7.89. The number of piperidine rings is 1. The van der Waals surface area contributed by atoms with E-state index in [0.717, 1.165) is 12.8 Å². The average molecular weight is 327 g/mol. The monoisotopic (exact) mass is 327 g/mol. The SMILES string of the molecule is CC(C)(C)CS(=O)(=O)N1CCCC(CNS(N)(=O)=O)C1. The van der Waals surface area contributed by atoms with Gasteiger partial charge >= 0.3 is 0 Å². The Balaban J connectivity index is 2.65. The van der Waals surface area contributed by atoms with Crippen molar-refractivity contribution in [1.82, 2.24) is 9.03 Å². The normalized spacial score (nSPS) is 22.9.